The number of likely N-dealkylation sites (tertiary alicyclic amines) is 1. The van der Waals surface area contributed by atoms with Crippen molar-refractivity contribution in [1.29, 1.82) is 0 Å². The minimum Gasteiger partial charge on any atom is -0.384 e. The van der Waals surface area contributed by atoms with E-state index >= 15 is 0 Å². The lowest BCUT2D eigenvalue weighted by atomic mass is 9.97. The SMILES string of the molecule is COCC1CCN(C(=O)c2cc(NC(=O)CC3CCCC3)cc3nc([C@@H]4CCCO4)n(C)c23)CC1. The van der Waals surface area contributed by atoms with Gasteiger partial charge in [0.15, 0.2) is 0 Å². The van der Waals surface area contributed by atoms with Gasteiger partial charge < -0.3 is 24.3 Å². The molecule has 1 aliphatic carbocycles. The summed E-state index contributed by atoms with van der Waals surface area (Å²) < 4.78 is 13.2. The van der Waals surface area contributed by atoms with Gasteiger partial charge in [0.2, 0.25) is 5.91 Å². The van der Waals surface area contributed by atoms with Crippen molar-refractivity contribution in [1.82, 2.24) is 14.5 Å². The number of nitrogens with one attached hydrogen (secondary N) is 1. The van der Waals surface area contributed by atoms with Crippen LogP contribution in [0.5, 0.6) is 0 Å². The number of hydrogen-bond donors (Lipinski definition) is 1. The summed E-state index contributed by atoms with van der Waals surface area (Å²) in [5, 5.41) is 3.07. The summed E-state index contributed by atoms with van der Waals surface area (Å²) in [5.41, 5.74) is 2.79. The van der Waals surface area contributed by atoms with Gasteiger partial charge in [0.25, 0.3) is 5.91 Å². The molecule has 1 atom stereocenters. The summed E-state index contributed by atoms with van der Waals surface area (Å²) in [5.74, 6) is 1.83. The van der Waals surface area contributed by atoms with E-state index in [-0.39, 0.29) is 17.9 Å². The van der Waals surface area contributed by atoms with Crippen LogP contribution in [0.1, 0.15) is 80.1 Å². The fourth-order valence-corrected chi connectivity index (χ4v) is 6.07. The van der Waals surface area contributed by atoms with Gasteiger partial charge in [-0.15, -0.1) is 0 Å². The summed E-state index contributed by atoms with van der Waals surface area (Å²) >= 11 is 0. The third kappa shape index (κ3) is 5.23. The van der Waals surface area contributed by atoms with Gasteiger partial charge in [0.05, 0.1) is 16.6 Å². The number of piperidine rings is 1. The molecule has 0 radical (unpaired) electrons. The number of aryl methyl sites for hydroxylation is 1. The van der Waals surface area contributed by atoms with E-state index in [2.05, 4.69) is 5.32 Å². The monoisotopic (exact) mass is 482 g/mol. The highest BCUT2D eigenvalue weighted by atomic mass is 16.5. The second kappa shape index (κ2) is 10.7. The molecular weight excluding hydrogens is 444 g/mol. The molecule has 8 nitrogen and oxygen atoms in total. The number of hydrogen-bond acceptors (Lipinski definition) is 5. The normalized spacial score (nSPS) is 21.8. The van der Waals surface area contributed by atoms with Crippen LogP contribution in [0.3, 0.4) is 0 Å². The Morgan fingerprint density at radius 1 is 1.09 bits per heavy atom. The average molecular weight is 483 g/mol. The van der Waals surface area contributed by atoms with Gasteiger partial charge in [-0.1, -0.05) is 12.8 Å². The topological polar surface area (TPSA) is 85.7 Å². The zero-order valence-electron chi connectivity index (χ0n) is 21.1. The lowest BCUT2D eigenvalue weighted by Crippen LogP contribution is -2.39. The van der Waals surface area contributed by atoms with Crippen LogP contribution >= 0.6 is 0 Å². The van der Waals surface area contributed by atoms with E-state index in [1.807, 2.05) is 28.6 Å². The molecule has 2 aromatic rings. The number of fused-ring (bicyclic) bond motifs is 1. The van der Waals surface area contributed by atoms with Crippen molar-refractivity contribution in [2.75, 3.05) is 38.7 Å². The quantitative estimate of drug-likeness (QED) is 0.631. The van der Waals surface area contributed by atoms with Crippen LogP contribution in [-0.2, 0) is 21.3 Å². The molecule has 1 saturated carbocycles. The molecule has 5 rings (SSSR count). The van der Waals surface area contributed by atoms with E-state index in [1.54, 1.807) is 7.11 Å². The molecule has 2 amide bonds. The summed E-state index contributed by atoms with van der Waals surface area (Å²) in [6, 6.07) is 3.75. The maximum atomic E-state index is 13.8. The van der Waals surface area contributed by atoms with Gasteiger partial charge in [-0.2, -0.15) is 0 Å². The van der Waals surface area contributed by atoms with E-state index in [4.69, 9.17) is 14.5 Å². The molecule has 2 aliphatic heterocycles. The molecule has 1 N–H and O–H groups in total. The highest BCUT2D eigenvalue weighted by Gasteiger charge is 2.29. The van der Waals surface area contributed by atoms with Gasteiger partial charge in [0.1, 0.15) is 11.9 Å². The Kier molecular flexibility index (Phi) is 7.39. The Morgan fingerprint density at radius 3 is 2.54 bits per heavy atom. The minimum absolute atomic E-state index is 0.000325. The maximum Gasteiger partial charge on any atom is 0.256 e. The van der Waals surface area contributed by atoms with Crippen molar-refractivity contribution >= 4 is 28.5 Å². The number of methoxy groups -OCH3 is 1. The van der Waals surface area contributed by atoms with Gasteiger partial charge in [-0.3, -0.25) is 9.59 Å². The largest absolute Gasteiger partial charge is 0.384 e. The molecule has 3 heterocycles. The van der Waals surface area contributed by atoms with E-state index in [0.29, 0.717) is 42.6 Å². The fraction of sp³-hybridized carbons (Fsp3) is 0.667. The van der Waals surface area contributed by atoms with Crippen LogP contribution in [0.4, 0.5) is 5.69 Å². The van der Waals surface area contributed by atoms with Gasteiger partial charge in [-0.25, -0.2) is 4.98 Å². The zero-order chi connectivity index (χ0) is 24.4. The van der Waals surface area contributed by atoms with Crippen molar-refractivity contribution < 1.29 is 19.1 Å². The van der Waals surface area contributed by atoms with E-state index < -0.39 is 0 Å². The molecular formula is C27H38N4O4. The fourth-order valence-electron chi connectivity index (χ4n) is 6.07. The number of carbonyl (C=O) groups is 2. The first-order chi connectivity index (χ1) is 17.0. The molecule has 8 heteroatoms. The Bertz CT molecular complexity index is 1060. The third-order valence-electron chi connectivity index (χ3n) is 7.99. The Hall–Kier alpha value is -2.45. The molecule has 3 fully saturated rings. The second-order valence-electron chi connectivity index (χ2n) is 10.5. The van der Waals surface area contributed by atoms with E-state index in [0.717, 1.165) is 68.6 Å². The Balaban J connectivity index is 1.44. The van der Waals surface area contributed by atoms with Crippen LogP contribution in [0.2, 0.25) is 0 Å². The minimum atomic E-state index is -0.0550. The molecule has 1 aromatic heterocycles. The zero-order valence-corrected chi connectivity index (χ0v) is 21.1. The number of imidazole rings is 1. The van der Waals surface area contributed by atoms with Crippen LogP contribution in [0.25, 0.3) is 11.0 Å². The number of rotatable bonds is 7. The lowest BCUT2D eigenvalue weighted by molar-refractivity contribution is -0.117. The molecule has 0 spiro atoms. The number of nitrogens with zero attached hydrogens (tertiary/aromatic N) is 3. The lowest BCUT2D eigenvalue weighted by Gasteiger charge is -2.32. The van der Waals surface area contributed by atoms with E-state index in [1.165, 1.54) is 12.8 Å². The number of carbonyl (C=O) groups excluding carboxylic acids is 2. The summed E-state index contributed by atoms with van der Waals surface area (Å²) in [6.07, 6.45) is 8.98. The smallest absolute Gasteiger partial charge is 0.256 e. The van der Waals surface area contributed by atoms with Crippen LogP contribution in [0.15, 0.2) is 12.1 Å². The Labute approximate surface area is 207 Å². The second-order valence-corrected chi connectivity index (χ2v) is 10.5. The van der Waals surface area contributed by atoms with Crippen molar-refractivity contribution in [3.05, 3.63) is 23.5 Å². The highest BCUT2D eigenvalue weighted by Crippen LogP contribution is 2.34. The highest BCUT2D eigenvalue weighted by molar-refractivity contribution is 6.07. The molecule has 3 aliphatic rings. The maximum absolute atomic E-state index is 13.8. The first-order valence-corrected chi connectivity index (χ1v) is 13.2. The van der Waals surface area contributed by atoms with Gasteiger partial charge in [0, 0.05) is 52.6 Å². The predicted molar refractivity (Wildman–Crippen MR) is 134 cm³/mol. The van der Waals surface area contributed by atoms with Crippen LogP contribution in [0, 0.1) is 11.8 Å². The summed E-state index contributed by atoms with van der Waals surface area (Å²) in [6.45, 7) is 2.89. The number of aromatic nitrogens is 2. The summed E-state index contributed by atoms with van der Waals surface area (Å²) in [7, 11) is 3.70. The van der Waals surface area contributed by atoms with Gasteiger partial charge >= 0.3 is 0 Å². The van der Waals surface area contributed by atoms with Gasteiger partial charge in [-0.05, 0) is 62.5 Å². The molecule has 2 saturated heterocycles. The number of anilines is 1. The average Bonchev–Trinajstić information content (AvgIpc) is 3.61. The van der Waals surface area contributed by atoms with E-state index in [9.17, 15) is 9.59 Å². The number of amides is 2. The van der Waals surface area contributed by atoms with Crippen molar-refractivity contribution in [2.24, 2.45) is 18.9 Å². The molecule has 0 unspecified atom stereocenters. The first kappa shape index (κ1) is 24.3. The van der Waals surface area contributed by atoms with Crippen molar-refractivity contribution in [3.8, 4) is 0 Å². The molecule has 0 bridgehead atoms. The number of benzene rings is 1. The van der Waals surface area contributed by atoms with Crippen molar-refractivity contribution in [2.45, 2.75) is 63.9 Å². The first-order valence-electron chi connectivity index (χ1n) is 13.2. The molecule has 1 aromatic carbocycles. The van der Waals surface area contributed by atoms with Crippen LogP contribution < -0.4 is 5.32 Å². The Morgan fingerprint density at radius 2 is 1.86 bits per heavy atom. The predicted octanol–water partition coefficient (Wildman–Crippen LogP) is 4.44. The molecule has 35 heavy (non-hydrogen) atoms. The third-order valence-corrected chi connectivity index (χ3v) is 7.99. The number of ether oxygens (including phenoxy) is 2. The summed E-state index contributed by atoms with van der Waals surface area (Å²) in [4.78, 5) is 33.4. The van der Waals surface area contributed by atoms with Crippen LogP contribution in [-0.4, -0.2) is 59.7 Å². The van der Waals surface area contributed by atoms with Crippen molar-refractivity contribution in [3.63, 3.8) is 0 Å². The molecule has 190 valence electrons. The standard InChI is InChI=1S/C27H38N4O4/c1-30-25-21(27(33)31-11-9-19(10-12-31)17-34-2)15-20(28-24(32)14-18-6-3-4-7-18)16-22(25)29-26(30)23-8-5-13-35-23/h15-16,18-19,23H,3-14,17H2,1-2H3,(H,28,32)/t23-/m0/s1.